The summed E-state index contributed by atoms with van der Waals surface area (Å²) in [5, 5.41) is 33.2. The van der Waals surface area contributed by atoms with E-state index < -0.39 is 30.4 Å². The lowest BCUT2D eigenvalue weighted by atomic mass is 10.2. The maximum absolute atomic E-state index is 13.9. The molecule has 12 heteroatoms. The molecule has 3 N–H and O–H groups in total. The molecule has 0 aliphatic heterocycles. The highest BCUT2D eigenvalue weighted by atomic mass is 16.3. The third kappa shape index (κ3) is 21.9. The number of carbonyl (C=O) groups excluding carboxylic acids is 3. The van der Waals surface area contributed by atoms with Crippen molar-refractivity contribution in [3.8, 4) is 0 Å². The molecule has 3 unspecified atom stereocenters. The molecule has 0 aliphatic rings. The van der Waals surface area contributed by atoms with E-state index in [0.717, 1.165) is 126 Å². The molecular weight excluding hydrogens is 624 g/mol. The monoisotopic (exact) mass is 701 g/mol. The first-order valence-corrected chi connectivity index (χ1v) is 19.5. The number of likely N-dealkylation sites (N-methyl/N-ethyl adjacent to an activating group) is 1. The third-order valence-corrected chi connectivity index (χ3v) is 8.82. The zero-order valence-electron chi connectivity index (χ0n) is 32.5. The summed E-state index contributed by atoms with van der Waals surface area (Å²) in [6.45, 7) is 18.0. The quantitative estimate of drug-likeness (QED) is 0.0881. The maximum atomic E-state index is 13.9. The molecule has 5 amide bonds. The summed E-state index contributed by atoms with van der Waals surface area (Å²) in [6.07, 6.45) is 9.53. The molecule has 0 heterocycles. The van der Waals surface area contributed by atoms with Gasteiger partial charge >= 0.3 is 12.1 Å². The summed E-state index contributed by atoms with van der Waals surface area (Å²) < 4.78 is 0. The molecule has 290 valence electrons. The fraction of sp³-hybridized carbons (Fsp3) is 0.919. The number of hydrogen-bond acceptors (Lipinski definition) is 9. The normalized spacial score (nSPS) is 13.6. The van der Waals surface area contributed by atoms with Crippen LogP contribution >= 0.6 is 0 Å². The van der Waals surface area contributed by atoms with Gasteiger partial charge in [-0.3, -0.25) is 9.69 Å². The van der Waals surface area contributed by atoms with Gasteiger partial charge in [0.05, 0.1) is 31.4 Å². The molecule has 0 fully saturated rings. The number of urea groups is 2. The molecule has 0 radical (unpaired) electrons. The van der Waals surface area contributed by atoms with E-state index in [0.29, 0.717) is 19.5 Å². The van der Waals surface area contributed by atoms with Gasteiger partial charge in [-0.05, 0) is 77.8 Å². The summed E-state index contributed by atoms with van der Waals surface area (Å²) in [6, 6.07) is -1.60. The van der Waals surface area contributed by atoms with Gasteiger partial charge in [-0.2, -0.15) is 0 Å². The number of carbonyl (C=O) groups is 3. The number of rotatable bonds is 31. The minimum absolute atomic E-state index is 0.0138. The van der Waals surface area contributed by atoms with Crippen LogP contribution in [0, 0.1) is 0 Å². The molecule has 0 rings (SSSR count). The second-order valence-electron chi connectivity index (χ2n) is 13.8. The van der Waals surface area contributed by atoms with Crippen LogP contribution in [0.25, 0.3) is 0 Å². The van der Waals surface area contributed by atoms with Crippen LogP contribution < -0.4 is 0 Å². The van der Waals surface area contributed by atoms with Gasteiger partial charge in [-0.1, -0.05) is 80.1 Å². The van der Waals surface area contributed by atoms with Crippen molar-refractivity contribution in [2.45, 2.75) is 137 Å². The molecule has 49 heavy (non-hydrogen) atoms. The highest BCUT2D eigenvalue weighted by Gasteiger charge is 2.33. The number of unbranched alkanes of at least 4 members (excludes halogenated alkanes) is 6. The number of nitrogens with zero attached hydrogens (tertiary/aromatic N) is 6. The number of imide groups is 2. The average molecular weight is 701 g/mol. The molecule has 0 saturated heterocycles. The first-order valence-electron chi connectivity index (χ1n) is 19.5. The number of hydrogen-bond donors (Lipinski definition) is 3. The van der Waals surface area contributed by atoms with Gasteiger partial charge in [0.1, 0.15) is 0 Å². The summed E-state index contributed by atoms with van der Waals surface area (Å²) in [4.78, 5) is 49.6. The Hall–Kier alpha value is -1.83. The number of aliphatic hydroxyl groups excluding tert-OH is 3. The van der Waals surface area contributed by atoms with E-state index in [1.807, 2.05) is 0 Å². The van der Waals surface area contributed by atoms with Crippen molar-refractivity contribution in [3.05, 3.63) is 0 Å². The molecule has 0 aromatic heterocycles. The zero-order valence-corrected chi connectivity index (χ0v) is 32.5. The van der Waals surface area contributed by atoms with Crippen LogP contribution in [0.1, 0.15) is 119 Å². The molecule has 0 saturated carbocycles. The van der Waals surface area contributed by atoms with Gasteiger partial charge in [0.25, 0.3) is 0 Å². The Morgan fingerprint density at radius 1 is 0.490 bits per heavy atom. The Labute approximate surface area is 299 Å². The largest absolute Gasteiger partial charge is 0.390 e. The maximum Gasteiger partial charge on any atom is 0.334 e. The Morgan fingerprint density at radius 2 is 0.796 bits per heavy atom. The van der Waals surface area contributed by atoms with Gasteiger partial charge in [-0.25, -0.2) is 14.5 Å². The van der Waals surface area contributed by atoms with E-state index in [1.54, 1.807) is 0 Å². The van der Waals surface area contributed by atoms with E-state index in [2.05, 4.69) is 56.2 Å². The van der Waals surface area contributed by atoms with E-state index in [1.165, 1.54) is 11.9 Å². The Kier molecular flexibility index (Phi) is 28.7. The highest BCUT2D eigenvalue weighted by Crippen LogP contribution is 2.11. The van der Waals surface area contributed by atoms with Crippen molar-refractivity contribution in [1.29, 1.82) is 0 Å². The molecule has 0 bridgehead atoms. The van der Waals surface area contributed by atoms with E-state index in [-0.39, 0.29) is 26.2 Å². The summed E-state index contributed by atoms with van der Waals surface area (Å²) in [5.74, 6) is 0. The second-order valence-corrected chi connectivity index (χ2v) is 13.8. The smallest absolute Gasteiger partial charge is 0.334 e. The number of amides is 5. The van der Waals surface area contributed by atoms with Crippen molar-refractivity contribution in [2.24, 2.45) is 0 Å². The Bertz CT molecular complexity index is 815. The van der Waals surface area contributed by atoms with Crippen molar-refractivity contribution in [1.82, 2.24) is 29.4 Å². The molecule has 0 aromatic carbocycles. The standard InChI is InChI=1S/C37H76N6O6/c1-8-14-20-39(21-15-9-2)27-33(45)26-38(7)36(48)43(31-35(47)29-41(24-18-12-5)25-19-13-6)37(49)42(32-44)30-34(46)28-40(22-16-10-3)23-17-11-4/h32-35,45-47H,8-31H2,1-7H3. The van der Waals surface area contributed by atoms with Crippen molar-refractivity contribution in [3.63, 3.8) is 0 Å². The van der Waals surface area contributed by atoms with Crippen LogP contribution in [0.15, 0.2) is 0 Å². The highest BCUT2D eigenvalue weighted by molar-refractivity contribution is 5.97. The van der Waals surface area contributed by atoms with Gasteiger partial charge in [0, 0.05) is 33.2 Å². The Morgan fingerprint density at radius 3 is 1.10 bits per heavy atom. The van der Waals surface area contributed by atoms with Crippen molar-refractivity contribution < 1.29 is 29.7 Å². The molecular formula is C37H76N6O6. The van der Waals surface area contributed by atoms with Gasteiger partial charge in [0.15, 0.2) is 0 Å². The zero-order chi connectivity index (χ0) is 37.0. The lowest BCUT2D eigenvalue weighted by Crippen LogP contribution is -2.56. The summed E-state index contributed by atoms with van der Waals surface area (Å²) >= 11 is 0. The van der Waals surface area contributed by atoms with E-state index in [4.69, 9.17) is 0 Å². The average Bonchev–Trinajstić information content (AvgIpc) is 3.08. The summed E-state index contributed by atoms with van der Waals surface area (Å²) in [7, 11) is 1.52. The van der Waals surface area contributed by atoms with Crippen molar-refractivity contribution in [2.75, 3.05) is 85.6 Å². The molecule has 3 atom stereocenters. The first-order chi connectivity index (χ1) is 23.5. The van der Waals surface area contributed by atoms with Crippen LogP contribution in [0.4, 0.5) is 9.59 Å². The van der Waals surface area contributed by atoms with Crippen molar-refractivity contribution >= 4 is 18.5 Å². The predicted molar refractivity (Wildman–Crippen MR) is 200 cm³/mol. The lowest BCUT2D eigenvalue weighted by Gasteiger charge is -2.34. The fourth-order valence-electron chi connectivity index (χ4n) is 5.84. The van der Waals surface area contributed by atoms with Gasteiger partial charge in [0.2, 0.25) is 6.41 Å². The third-order valence-electron chi connectivity index (χ3n) is 8.82. The Balaban J connectivity index is 6.01. The van der Waals surface area contributed by atoms with Crippen LogP contribution in [-0.4, -0.2) is 167 Å². The van der Waals surface area contributed by atoms with E-state index >= 15 is 0 Å². The summed E-state index contributed by atoms with van der Waals surface area (Å²) in [5.41, 5.74) is 0. The van der Waals surface area contributed by atoms with E-state index in [9.17, 15) is 29.7 Å². The van der Waals surface area contributed by atoms with Gasteiger partial charge in [-0.15, -0.1) is 0 Å². The topological polar surface area (TPSA) is 131 Å². The van der Waals surface area contributed by atoms with Crippen LogP contribution in [0.3, 0.4) is 0 Å². The van der Waals surface area contributed by atoms with Crippen LogP contribution in [-0.2, 0) is 4.79 Å². The van der Waals surface area contributed by atoms with Crippen LogP contribution in [0.5, 0.6) is 0 Å². The van der Waals surface area contributed by atoms with Gasteiger partial charge < -0.3 is 34.9 Å². The minimum atomic E-state index is -1.05. The molecule has 0 spiro atoms. The molecule has 12 nitrogen and oxygen atoms in total. The predicted octanol–water partition coefficient (Wildman–Crippen LogP) is 4.71. The second kappa shape index (κ2) is 29.9. The lowest BCUT2D eigenvalue weighted by molar-refractivity contribution is -0.117. The fourth-order valence-corrected chi connectivity index (χ4v) is 5.84. The first kappa shape index (κ1) is 47.2. The molecule has 0 aliphatic carbocycles. The number of aliphatic hydroxyl groups is 3. The van der Waals surface area contributed by atoms with Crippen LogP contribution in [0.2, 0.25) is 0 Å². The molecule has 0 aromatic rings. The SMILES string of the molecule is CCCCN(CCCC)CC(O)CN(C)C(=O)N(CC(O)CN(CCCC)CCCC)C(=O)N(C=O)CC(O)CN(CCCC)CCCC. The minimum Gasteiger partial charge on any atom is -0.390 e.